The average Bonchev–Trinajstić information content (AvgIpc) is 2.30. The number of hydrogen-bond acceptors (Lipinski definition) is 8. The summed E-state index contributed by atoms with van der Waals surface area (Å²) < 4.78 is 4.66. The van der Waals surface area contributed by atoms with Gasteiger partial charge in [0, 0.05) is 0 Å². The van der Waals surface area contributed by atoms with E-state index in [1.54, 1.807) is 0 Å². The summed E-state index contributed by atoms with van der Waals surface area (Å²) >= 11 is 0. The second-order valence-corrected chi connectivity index (χ2v) is 4.33. The molecule has 0 radical (unpaired) electrons. The standard InChI is InChI=1S/C10H16O8/c1-4(12)9(16)6(3-11)18-8(15)10(17,5(2)13)7(9)14/h6-8,11,14-17H,3H2,1-2H3/t6-,7+,8?,9-,10-/m1/s1. The average molecular weight is 264 g/mol. The Hall–Kier alpha value is -0.900. The molecule has 1 heterocycles. The molecule has 0 aromatic carbocycles. The lowest BCUT2D eigenvalue weighted by Gasteiger charge is -2.50. The third-order valence-electron chi connectivity index (χ3n) is 3.29. The number of rotatable bonds is 3. The van der Waals surface area contributed by atoms with Gasteiger partial charge in [0.05, 0.1) is 6.61 Å². The van der Waals surface area contributed by atoms with E-state index in [1.807, 2.05) is 0 Å². The van der Waals surface area contributed by atoms with Gasteiger partial charge in [0.25, 0.3) is 0 Å². The summed E-state index contributed by atoms with van der Waals surface area (Å²) in [6.07, 6.45) is -6.14. The van der Waals surface area contributed by atoms with Crippen molar-refractivity contribution in [2.75, 3.05) is 6.61 Å². The number of aliphatic hydroxyl groups is 5. The first-order valence-corrected chi connectivity index (χ1v) is 5.22. The molecule has 5 N–H and O–H groups in total. The van der Waals surface area contributed by atoms with Crippen molar-refractivity contribution in [1.82, 2.24) is 0 Å². The van der Waals surface area contributed by atoms with Crippen LogP contribution in [0.15, 0.2) is 0 Å². The third-order valence-corrected chi connectivity index (χ3v) is 3.29. The van der Waals surface area contributed by atoms with E-state index in [-0.39, 0.29) is 0 Å². The number of hydrogen-bond donors (Lipinski definition) is 5. The van der Waals surface area contributed by atoms with Gasteiger partial charge in [-0.25, -0.2) is 0 Å². The van der Waals surface area contributed by atoms with Crippen LogP contribution in [0.1, 0.15) is 13.8 Å². The number of ether oxygens (including phenoxy) is 1. The van der Waals surface area contributed by atoms with Crippen LogP contribution in [-0.2, 0) is 14.3 Å². The zero-order valence-electron chi connectivity index (χ0n) is 9.90. The molecule has 1 fully saturated rings. The van der Waals surface area contributed by atoms with Gasteiger partial charge in [-0.05, 0) is 13.8 Å². The van der Waals surface area contributed by atoms with Gasteiger partial charge >= 0.3 is 0 Å². The Morgan fingerprint density at radius 1 is 1.11 bits per heavy atom. The van der Waals surface area contributed by atoms with Gasteiger partial charge in [0.2, 0.25) is 5.60 Å². The summed E-state index contributed by atoms with van der Waals surface area (Å²) in [4.78, 5) is 22.7. The maximum Gasteiger partial charge on any atom is 0.202 e. The van der Waals surface area contributed by atoms with Crippen molar-refractivity contribution in [3.63, 3.8) is 0 Å². The van der Waals surface area contributed by atoms with E-state index in [9.17, 15) is 30.0 Å². The molecule has 0 amide bonds. The lowest BCUT2D eigenvalue weighted by Crippen LogP contribution is -2.77. The Kier molecular flexibility index (Phi) is 3.92. The molecule has 104 valence electrons. The predicted octanol–water partition coefficient (Wildman–Crippen LogP) is -3.30. The van der Waals surface area contributed by atoms with E-state index in [2.05, 4.69) is 4.74 Å². The molecule has 1 unspecified atom stereocenters. The quantitative estimate of drug-likeness (QED) is 0.356. The Morgan fingerprint density at radius 3 is 1.89 bits per heavy atom. The molecule has 8 nitrogen and oxygen atoms in total. The number of aliphatic hydroxyl groups excluding tert-OH is 3. The van der Waals surface area contributed by atoms with Crippen LogP contribution in [0, 0.1) is 0 Å². The van der Waals surface area contributed by atoms with Crippen LogP contribution < -0.4 is 0 Å². The molecule has 8 heteroatoms. The molecular formula is C10H16O8. The minimum atomic E-state index is -2.84. The molecule has 1 rings (SSSR count). The number of Topliss-reactive ketones (excluding diaryl/α,β-unsaturated/α-hetero) is 2. The van der Waals surface area contributed by atoms with Gasteiger partial charge in [0.15, 0.2) is 23.5 Å². The van der Waals surface area contributed by atoms with E-state index < -0.39 is 47.9 Å². The molecule has 1 aliphatic heterocycles. The lowest BCUT2D eigenvalue weighted by atomic mass is 9.73. The molecular weight excluding hydrogens is 248 g/mol. The summed E-state index contributed by atoms with van der Waals surface area (Å²) in [5, 5.41) is 48.3. The Bertz CT molecular complexity index is 369. The second kappa shape index (κ2) is 4.65. The SMILES string of the molecule is CC(=O)[C@@]1(O)[C@@H](CO)OC(O)[C@@](O)(C(C)=O)[C@H]1O. The van der Waals surface area contributed by atoms with Gasteiger partial charge in [-0.2, -0.15) is 0 Å². The fourth-order valence-corrected chi connectivity index (χ4v) is 1.98. The summed E-state index contributed by atoms with van der Waals surface area (Å²) in [6, 6.07) is 0. The Labute approximate surface area is 102 Å². The molecule has 0 aromatic heterocycles. The highest BCUT2D eigenvalue weighted by atomic mass is 16.6. The maximum absolute atomic E-state index is 11.4. The second-order valence-electron chi connectivity index (χ2n) is 4.33. The first-order valence-electron chi connectivity index (χ1n) is 5.22. The first kappa shape index (κ1) is 15.2. The van der Waals surface area contributed by atoms with Crippen molar-refractivity contribution >= 4 is 11.6 Å². The minimum absolute atomic E-state index is 0.857. The van der Waals surface area contributed by atoms with Gasteiger partial charge in [-0.3, -0.25) is 9.59 Å². The van der Waals surface area contributed by atoms with Crippen molar-refractivity contribution < 1.29 is 39.9 Å². The maximum atomic E-state index is 11.4. The van der Waals surface area contributed by atoms with Crippen molar-refractivity contribution in [2.45, 2.75) is 43.5 Å². The molecule has 0 aliphatic carbocycles. The highest BCUT2D eigenvalue weighted by molar-refractivity contribution is 5.91. The molecule has 1 saturated heterocycles. The molecule has 5 atom stereocenters. The van der Waals surface area contributed by atoms with Crippen molar-refractivity contribution in [3.05, 3.63) is 0 Å². The van der Waals surface area contributed by atoms with E-state index in [1.165, 1.54) is 0 Å². The van der Waals surface area contributed by atoms with Crippen LogP contribution in [-0.4, -0.2) is 73.4 Å². The molecule has 0 aromatic rings. The van der Waals surface area contributed by atoms with Crippen LogP contribution in [0.5, 0.6) is 0 Å². The molecule has 0 saturated carbocycles. The summed E-state index contributed by atoms with van der Waals surface area (Å²) in [6.45, 7) is 0.862. The third kappa shape index (κ3) is 1.78. The highest BCUT2D eigenvalue weighted by Crippen LogP contribution is 2.36. The van der Waals surface area contributed by atoms with E-state index in [0.29, 0.717) is 0 Å². The Morgan fingerprint density at radius 2 is 1.56 bits per heavy atom. The monoisotopic (exact) mass is 264 g/mol. The molecule has 1 aliphatic rings. The van der Waals surface area contributed by atoms with E-state index >= 15 is 0 Å². The summed E-state index contributed by atoms with van der Waals surface area (Å²) in [5.74, 6) is -2.10. The normalized spacial score (nSPS) is 44.7. The fraction of sp³-hybridized carbons (Fsp3) is 0.800. The van der Waals surface area contributed by atoms with Crippen LogP contribution >= 0.6 is 0 Å². The summed E-state index contributed by atoms with van der Waals surface area (Å²) in [7, 11) is 0. The van der Waals surface area contributed by atoms with Crippen LogP contribution in [0.25, 0.3) is 0 Å². The zero-order valence-corrected chi connectivity index (χ0v) is 9.90. The van der Waals surface area contributed by atoms with Crippen molar-refractivity contribution in [1.29, 1.82) is 0 Å². The van der Waals surface area contributed by atoms with E-state index in [4.69, 9.17) is 5.11 Å². The molecule has 0 spiro atoms. The lowest BCUT2D eigenvalue weighted by molar-refractivity contribution is -0.336. The first-order chi connectivity index (χ1) is 8.13. The topological polar surface area (TPSA) is 145 Å². The largest absolute Gasteiger partial charge is 0.394 e. The van der Waals surface area contributed by atoms with Crippen LogP contribution in [0.2, 0.25) is 0 Å². The zero-order chi connectivity index (χ0) is 14.3. The fourth-order valence-electron chi connectivity index (χ4n) is 1.98. The number of ketones is 2. The predicted molar refractivity (Wildman–Crippen MR) is 55.2 cm³/mol. The number of carbonyl (C=O) groups excluding carboxylic acids is 2. The van der Waals surface area contributed by atoms with Gasteiger partial charge in [-0.1, -0.05) is 0 Å². The molecule has 0 bridgehead atoms. The number of carbonyl (C=O) groups is 2. The Balaban J connectivity index is 3.33. The van der Waals surface area contributed by atoms with Crippen molar-refractivity contribution in [3.8, 4) is 0 Å². The summed E-state index contributed by atoms with van der Waals surface area (Å²) in [5.41, 5.74) is -5.53. The van der Waals surface area contributed by atoms with Gasteiger partial charge < -0.3 is 30.3 Å². The minimum Gasteiger partial charge on any atom is -0.394 e. The molecule has 18 heavy (non-hydrogen) atoms. The van der Waals surface area contributed by atoms with Gasteiger partial charge in [-0.15, -0.1) is 0 Å². The van der Waals surface area contributed by atoms with Gasteiger partial charge in [0.1, 0.15) is 12.2 Å². The van der Waals surface area contributed by atoms with E-state index in [0.717, 1.165) is 13.8 Å². The van der Waals surface area contributed by atoms with Crippen molar-refractivity contribution in [2.24, 2.45) is 0 Å². The van der Waals surface area contributed by atoms with Crippen LogP contribution in [0.3, 0.4) is 0 Å². The smallest absolute Gasteiger partial charge is 0.202 e. The van der Waals surface area contributed by atoms with Crippen LogP contribution in [0.4, 0.5) is 0 Å². The highest BCUT2D eigenvalue weighted by Gasteiger charge is 2.66.